The summed E-state index contributed by atoms with van der Waals surface area (Å²) in [6.07, 6.45) is -2.75. The number of halogens is 6. The Kier molecular flexibility index (Phi) is 5.84. The van der Waals surface area contributed by atoms with Gasteiger partial charge < -0.3 is 4.74 Å². The quantitative estimate of drug-likeness (QED) is 0.290. The Bertz CT molecular complexity index is 1320. The van der Waals surface area contributed by atoms with E-state index < -0.39 is 40.7 Å². The molecule has 8 heteroatoms. The number of hydrogen-bond acceptors (Lipinski definition) is 2. The second-order valence-corrected chi connectivity index (χ2v) is 7.30. The zero-order valence-corrected chi connectivity index (χ0v) is 17.1. The summed E-state index contributed by atoms with van der Waals surface area (Å²) < 4.78 is 88.2. The number of hydrogen-bond donors (Lipinski definition) is 0. The molecule has 3 aromatic carbocycles. The van der Waals surface area contributed by atoms with Gasteiger partial charge in [-0.3, -0.25) is 4.98 Å². The summed E-state index contributed by atoms with van der Waals surface area (Å²) in [5.41, 5.74) is 1.00. The van der Waals surface area contributed by atoms with E-state index in [0.717, 1.165) is 23.8 Å². The summed E-state index contributed by atoms with van der Waals surface area (Å²) in [5.74, 6) is -4.97. The van der Waals surface area contributed by atoms with Crippen LogP contribution >= 0.6 is 0 Å². The molecule has 0 spiro atoms. The van der Waals surface area contributed by atoms with E-state index in [1.807, 2.05) is 0 Å². The minimum atomic E-state index is -4.15. The van der Waals surface area contributed by atoms with Crippen molar-refractivity contribution in [2.24, 2.45) is 0 Å². The predicted octanol–water partition coefficient (Wildman–Crippen LogP) is 7.41. The van der Waals surface area contributed by atoms with Crippen LogP contribution in [-0.2, 0) is 6.11 Å². The largest absolute Gasteiger partial charge is 0.429 e. The Morgan fingerprint density at radius 2 is 1.45 bits per heavy atom. The highest BCUT2D eigenvalue weighted by Gasteiger charge is 2.38. The highest BCUT2D eigenvalue weighted by atomic mass is 19.3. The van der Waals surface area contributed by atoms with E-state index in [1.54, 1.807) is 25.1 Å². The van der Waals surface area contributed by atoms with E-state index in [1.165, 1.54) is 24.4 Å². The van der Waals surface area contributed by atoms with E-state index >= 15 is 0 Å². The summed E-state index contributed by atoms with van der Waals surface area (Å²) in [6.45, 7) is 1.76. The van der Waals surface area contributed by atoms with Crippen LogP contribution in [-0.4, -0.2) is 4.98 Å². The Balaban J connectivity index is 1.58. The Morgan fingerprint density at radius 1 is 0.697 bits per heavy atom. The van der Waals surface area contributed by atoms with Gasteiger partial charge in [-0.15, -0.1) is 0 Å². The van der Waals surface area contributed by atoms with Crippen molar-refractivity contribution in [1.29, 1.82) is 0 Å². The van der Waals surface area contributed by atoms with Gasteiger partial charge in [0.2, 0.25) is 0 Å². The predicted molar refractivity (Wildman–Crippen MR) is 111 cm³/mol. The van der Waals surface area contributed by atoms with Crippen LogP contribution in [0.3, 0.4) is 0 Å². The molecule has 4 aromatic rings. The highest BCUT2D eigenvalue weighted by Crippen LogP contribution is 2.35. The average Bonchev–Trinajstić information content (AvgIpc) is 2.76. The van der Waals surface area contributed by atoms with Crippen LogP contribution < -0.4 is 4.74 Å². The minimum absolute atomic E-state index is 0.204. The normalized spacial score (nSPS) is 11.5. The molecule has 0 fully saturated rings. The summed E-state index contributed by atoms with van der Waals surface area (Å²) in [7, 11) is 0. The third kappa shape index (κ3) is 4.69. The fourth-order valence-corrected chi connectivity index (χ4v) is 3.23. The lowest BCUT2D eigenvalue weighted by molar-refractivity contribution is -0.187. The lowest BCUT2D eigenvalue weighted by atomic mass is 10.0. The Hall–Kier alpha value is -3.81. The average molecular weight is 459 g/mol. The van der Waals surface area contributed by atoms with E-state index in [4.69, 9.17) is 0 Å². The molecule has 33 heavy (non-hydrogen) atoms. The first kappa shape index (κ1) is 22.4. The smallest absolute Gasteiger partial charge is 0.429 e. The molecule has 0 unspecified atom stereocenters. The summed E-state index contributed by atoms with van der Waals surface area (Å²) in [6, 6.07) is 12.6. The molecule has 0 bridgehead atoms. The molecule has 0 N–H and O–H groups in total. The molecule has 1 aromatic heterocycles. The number of ether oxygens (including phenoxy) is 1. The molecule has 0 aliphatic carbocycles. The van der Waals surface area contributed by atoms with Crippen molar-refractivity contribution in [3.8, 4) is 28.1 Å². The summed E-state index contributed by atoms with van der Waals surface area (Å²) in [4.78, 5) is 4.18. The van der Waals surface area contributed by atoms with E-state index in [9.17, 15) is 26.3 Å². The van der Waals surface area contributed by atoms with E-state index in [-0.39, 0.29) is 11.3 Å². The summed E-state index contributed by atoms with van der Waals surface area (Å²) >= 11 is 0. The molecule has 0 saturated heterocycles. The molecule has 2 nitrogen and oxygen atoms in total. The van der Waals surface area contributed by atoms with Crippen LogP contribution in [0.2, 0.25) is 0 Å². The standard InChI is InChI=1S/C25H15F6NO/c1-14-2-6-18(21(27)10-14)16-4-9-24(32-13-16)15-3-7-19(22(28)11-15)25(30,31)33-17-5-8-20(26)23(29)12-17/h2-13H,1H3. The number of alkyl halides is 2. The molecule has 0 saturated carbocycles. The fraction of sp³-hybridized carbons (Fsp3) is 0.0800. The molecule has 0 amide bonds. The topological polar surface area (TPSA) is 22.1 Å². The number of benzene rings is 3. The van der Waals surface area contributed by atoms with Crippen LogP contribution in [0.25, 0.3) is 22.4 Å². The van der Waals surface area contributed by atoms with Crippen molar-refractivity contribution in [1.82, 2.24) is 4.98 Å². The number of pyridine rings is 1. The molecule has 0 radical (unpaired) electrons. The number of aromatic nitrogens is 1. The number of aryl methyl sites for hydroxylation is 1. The maximum absolute atomic E-state index is 14.5. The van der Waals surface area contributed by atoms with Crippen molar-refractivity contribution in [2.75, 3.05) is 0 Å². The summed E-state index contributed by atoms with van der Waals surface area (Å²) in [5, 5.41) is 0. The molecule has 0 aliphatic rings. The van der Waals surface area contributed by atoms with Crippen molar-refractivity contribution >= 4 is 0 Å². The first-order valence-electron chi connectivity index (χ1n) is 9.69. The lowest BCUT2D eigenvalue weighted by Crippen LogP contribution is -2.23. The van der Waals surface area contributed by atoms with Gasteiger partial charge >= 0.3 is 6.11 Å². The van der Waals surface area contributed by atoms with E-state index in [0.29, 0.717) is 23.3 Å². The van der Waals surface area contributed by atoms with Gasteiger partial charge in [-0.25, -0.2) is 17.6 Å². The van der Waals surface area contributed by atoms with Gasteiger partial charge in [-0.05, 0) is 48.9 Å². The third-order valence-electron chi connectivity index (χ3n) is 4.91. The van der Waals surface area contributed by atoms with Gasteiger partial charge in [0, 0.05) is 29.0 Å². The molecule has 168 valence electrons. The second-order valence-electron chi connectivity index (χ2n) is 7.30. The minimum Gasteiger partial charge on any atom is -0.429 e. The SMILES string of the molecule is Cc1ccc(-c2ccc(-c3ccc(C(F)(F)Oc4ccc(F)c(F)c4)c(F)c3)nc2)c(F)c1. The molecular weight excluding hydrogens is 444 g/mol. The van der Waals surface area contributed by atoms with Crippen molar-refractivity contribution < 1.29 is 31.1 Å². The van der Waals surface area contributed by atoms with Crippen molar-refractivity contribution in [3.05, 3.63) is 107 Å². The van der Waals surface area contributed by atoms with Gasteiger partial charge in [0.25, 0.3) is 0 Å². The van der Waals surface area contributed by atoms with Crippen LogP contribution in [0.4, 0.5) is 26.3 Å². The lowest BCUT2D eigenvalue weighted by Gasteiger charge is -2.19. The molecule has 4 rings (SSSR count). The highest BCUT2D eigenvalue weighted by molar-refractivity contribution is 5.67. The van der Waals surface area contributed by atoms with Crippen LogP contribution in [0.5, 0.6) is 5.75 Å². The number of rotatable bonds is 5. The molecular formula is C25H15F6NO. The monoisotopic (exact) mass is 459 g/mol. The Labute approximate surface area is 185 Å². The van der Waals surface area contributed by atoms with Crippen LogP contribution in [0, 0.1) is 30.2 Å². The molecule has 0 atom stereocenters. The van der Waals surface area contributed by atoms with Gasteiger partial charge in [0.1, 0.15) is 17.4 Å². The molecule has 1 heterocycles. The van der Waals surface area contributed by atoms with Gasteiger partial charge in [-0.2, -0.15) is 8.78 Å². The van der Waals surface area contributed by atoms with Crippen LogP contribution in [0.15, 0.2) is 72.9 Å². The third-order valence-corrected chi connectivity index (χ3v) is 4.91. The zero-order valence-electron chi connectivity index (χ0n) is 17.1. The fourth-order valence-electron chi connectivity index (χ4n) is 3.23. The maximum atomic E-state index is 14.5. The van der Waals surface area contributed by atoms with Gasteiger partial charge in [0.05, 0.1) is 11.3 Å². The van der Waals surface area contributed by atoms with Crippen molar-refractivity contribution in [2.45, 2.75) is 13.0 Å². The zero-order chi connectivity index (χ0) is 23.8. The second kappa shape index (κ2) is 8.61. The van der Waals surface area contributed by atoms with E-state index in [2.05, 4.69) is 9.72 Å². The first-order chi connectivity index (χ1) is 15.6. The first-order valence-corrected chi connectivity index (χ1v) is 9.69. The maximum Gasteiger partial charge on any atom is 0.429 e. The van der Waals surface area contributed by atoms with Gasteiger partial charge in [-0.1, -0.05) is 24.3 Å². The van der Waals surface area contributed by atoms with Gasteiger partial charge in [0.15, 0.2) is 11.6 Å². The van der Waals surface area contributed by atoms with Crippen LogP contribution in [0.1, 0.15) is 11.1 Å². The molecule has 0 aliphatic heterocycles. The number of nitrogens with zero attached hydrogens (tertiary/aromatic N) is 1. The van der Waals surface area contributed by atoms with Crippen molar-refractivity contribution in [3.63, 3.8) is 0 Å². The Morgan fingerprint density at radius 3 is 2.09 bits per heavy atom.